The summed E-state index contributed by atoms with van der Waals surface area (Å²) in [6, 6.07) is 3.10. The highest BCUT2D eigenvalue weighted by Gasteiger charge is 2.26. The van der Waals surface area contributed by atoms with Gasteiger partial charge in [-0.05, 0) is 25.1 Å². The third-order valence-electron chi connectivity index (χ3n) is 2.57. The number of carbonyl (C=O) groups excluding carboxylic acids is 1. The van der Waals surface area contributed by atoms with Crippen LogP contribution in [-0.2, 0) is 19.6 Å². The van der Waals surface area contributed by atoms with Crippen molar-refractivity contribution in [3.05, 3.63) is 24.0 Å². The van der Waals surface area contributed by atoms with Crippen molar-refractivity contribution in [3.63, 3.8) is 0 Å². The average molecular weight is 304 g/mol. The quantitative estimate of drug-likeness (QED) is 0.625. The summed E-state index contributed by atoms with van der Waals surface area (Å²) in [5, 5.41) is 0. The number of nitrogens with zero attached hydrogens (tertiary/aromatic N) is 1. The Morgan fingerprint density at radius 1 is 1.40 bits per heavy atom. The van der Waals surface area contributed by atoms with Crippen molar-refractivity contribution in [2.24, 2.45) is 0 Å². The van der Waals surface area contributed by atoms with Crippen molar-refractivity contribution in [3.8, 4) is 0 Å². The first kappa shape index (κ1) is 16.4. The predicted molar refractivity (Wildman–Crippen MR) is 71.9 cm³/mol. The van der Waals surface area contributed by atoms with E-state index in [1.165, 1.54) is 0 Å². The first-order chi connectivity index (χ1) is 9.32. The zero-order chi connectivity index (χ0) is 15.3. The maximum atomic E-state index is 13.1. The van der Waals surface area contributed by atoms with Gasteiger partial charge in [-0.3, -0.25) is 4.79 Å². The van der Waals surface area contributed by atoms with Gasteiger partial charge in [-0.15, -0.1) is 0 Å². The molecular formula is C12H17FN2O4S. The number of ether oxygens (including phenoxy) is 1. The molecule has 0 fully saturated rings. The summed E-state index contributed by atoms with van der Waals surface area (Å²) in [6.45, 7) is 3.06. The van der Waals surface area contributed by atoms with Gasteiger partial charge in [0.2, 0.25) is 10.0 Å². The molecule has 0 aliphatic heterocycles. The second kappa shape index (κ2) is 6.67. The van der Waals surface area contributed by atoms with Crippen LogP contribution in [0.1, 0.15) is 13.8 Å². The molecule has 0 aliphatic carbocycles. The maximum Gasteiger partial charge on any atom is 0.321 e. The number of esters is 1. The molecule has 1 aromatic rings. The Kier molecular flexibility index (Phi) is 5.46. The van der Waals surface area contributed by atoms with E-state index in [9.17, 15) is 17.6 Å². The van der Waals surface area contributed by atoms with Crippen molar-refractivity contribution in [1.29, 1.82) is 0 Å². The molecule has 1 aromatic carbocycles. The zero-order valence-electron chi connectivity index (χ0n) is 11.3. The van der Waals surface area contributed by atoms with Gasteiger partial charge in [-0.1, -0.05) is 6.92 Å². The summed E-state index contributed by atoms with van der Waals surface area (Å²) < 4.78 is 43.3. The fourth-order valence-electron chi connectivity index (χ4n) is 1.55. The van der Waals surface area contributed by atoms with Crippen LogP contribution < -0.4 is 5.73 Å². The molecule has 0 aromatic heterocycles. The number of nitrogen functional groups attached to an aromatic ring is 1. The fourth-order valence-corrected chi connectivity index (χ4v) is 2.98. The summed E-state index contributed by atoms with van der Waals surface area (Å²) >= 11 is 0. The normalized spacial score (nSPS) is 11.6. The molecule has 0 unspecified atom stereocenters. The number of hydrogen-bond acceptors (Lipinski definition) is 5. The van der Waals surface area contributed by atoms with Gasteiger partial charge in [-0.25, -0.2) is 12.8 Å². The number of anilines is 1. The van der Waals surface area contributed by atoms with Crippen LogP contribution in [-0.4, -0.2) is 38.4 Å². The van der Waals surface area contributed by atoms with Gasteiger partial charge >= 0.3 is 5.97 Å². The molecule has 0 saturated heterocycles. The van der Waals surface area contributed by atoms with Gasteiger partial charge in [0, 0.05) is 6.54 Å². The molecule has 1 rings (SSSR count). The van der Waals surface area contributed by atoms with Gasteiger partial charge in [0.15, 0.2) is 0 Å². The van der Waals surface area contributed by atoms with Crippen molar-refractivity contribution >= 4 is 21.7 Å². The average Bonchev–Trinajstić information content (AvgIpc) is 2.39. The third-order valence-corrected chi connectivity index (χ3v) is 4.49. The maximum absolute atomic E-state index is 13.1. The highest BCUT2D eigenvalue weighted by molar-refractivity contribution is 7.89. The first-order valence-corrected chi connectivity index (χ1v) is 7.47. The molecule has 0 bridgehead atoms. The Hall–Kier alpha value is -1.67. The summed E-state index contributed by atoms with van der Waals surface area (Å²) in [6.07, 6.45) is 0. The zero-order valence-corrected chi connectivity index (χ0v) is 12.1. The molecule has 0 spiro atoms. The van der Waals surface area contributed by atoms with Crippen LogP contribution in [0.3, 0.4) is 0 Å². The number of nitrogens with two attached hydrogens (primary N) is 1. The van der Waals surface area contributed by atoms with Gasteiger partial charge < -0.3 is 10.5 Å². The Labute approximate surface area is 117 Å². The minimum atomic E-state index is -3.92. The topological polar surface area (TPSA) is 89.7 Å². The predicted octanol–water partition coefficient (Wildman–Crippen LogP) is 0.982. The lowest BCUT2D eigenvalue weighted by atomic mass is 10.3. The molecule has 20 heavy (non-hydrogen) atoms. The molecule has 2 N–H and O–H groups in total. The van der Waals surface area contributed by atoms with Gasteiger partial charge in [0.25, 0.3) is 0 Å². The standard InChI is InChI=1S/C12H17FN2O4S/c1-3-15(8-12(16)19-4-2)20(17,18)9-5-6-10(13)11(14)7-9/h5-7H,3-4,8,14H2,1-2H3. The Balaban J connectivity index is 3.05. The summed E-state index contributed by atoms with van der Waals surface area (Å²) in [7, 11) is -3.92. The molecule has 0 aliphatic rings. The number of rotatable bonds is 6. The fraction of sp³-hybridized carbons (Fsp3) is 0.417. The van der Waals surface area contributed by atoms with Crippen molar-refractivity contribution in [1.82, 2.24) is 4.31 Å². The number of hydrogen-bond donors (Lipinski definition) is 1. The van der Waals surface area contributed by atoms with Crippen LogP contribution in [0.4, 0.5) is 10.1 Å². The van der Waals surface area contributed by atoms with Gasteiger partial charge in [0.05, 0.1) is 17.2 Å². The monoisotopic (exact) mass is 304 g/mol. The summed E-state index contributed by atoms with van der Waals surface area (Å²) in [4.78, 5) is 11.2. The first-order valence-electron chi connectivity index (χ1n) is 6.03. The molecule has 112 valence electrons. The molecule has 0 saturated carbocycles. The van der Waals surface area contributed by atoms with Crippen LogP contribution in [0.5, 0.6) is 0 Å². The van der Waals surface area contributed by atoms with E-state index in [2.05, 4.69) is 0 Å². The molecule has 0 radical (unpaired) electrons. The summed E-state index contributed by atoms with van der Waals surface area (Å²) in [5.74, 6) is -1.34. The lowest BCUT2D eigenvalue weighted by Crippen LogP contribution is -2.36. The SMILES string of the molecule is CCOC(=O)CN(CC)S(=O)(=O)c1ccc(F)c(N)c1. The number of benzene rings is 1. The van der Waals surface area contributed by atoms with Crippen LogP contribution in [0.25, 0.3) is 0 Å². The van der Waals surface area contributed by atoms with E-state index in [-0.39, 0.29) is 23.7 Å². The smallest absolute Gasteiger partial charge is 0.321 e. The largest absolute Gasteiger partial charge is 0.465 e. The Bertz CT molecular complexity index is 589. The van der Waals surface area contributed by atoms with Crippen LogP contribution >= 0.6 is 0 Å². The Morgan fingerprint density at radius 3 is 2.55 bits per heavy atom. The second-order valence-electron chi connectivity index (χ2n) is 3.92. The third kappa shape index (κ3) is 3.67. The van der Waals surface area contributed by atoms with Gasteiger partial charge in [0.1, 0.15) is 12.4 Å². The number of halogens is 1. The van der Waals surface area contributed by atoms with Gasteiger partial charge in [-0.2, -0.15) is 4.31 Å². The molecule has 8 heteroatoms. The Morgan fingerprint density at radius 2 is 2.05 bits per heavy atom. The van der Waals surface area contributed by atoms with E-state index >= 15 is 0 Å². The van der Waals surface area contributed by atoms with E-state index < -0.39 is 28.4 Å². The minimum absolute atomic E-state index is 0.0818. The minimum Gasteiger partial charge on any atom is -0.465 e. The molecule has 6 nitrogen and oxygen atoms in total. The van der Waals surface area contributed by atoms with E-state index in [1.54, 1.807) is 13.8 Å². The van der Waals surface area contributed by atoms with E-state index in [0.717, 1.165) is 22.5 Å². The van der Waals surface area contributed by atoms with Crippen molar-refractivity contribution in [2.45, 2.75) is 18.7 Å². The van der Waals surface area contributed by atoms with Crippen molar-refractivity contribution in [2.75, 3.05) is 25.4 Å². The lowest BCUT2D eigenvalue weighted by molar-refractivity contribution is -0.143. The van der Waals surface area contributed by atoms with Crippen LogP contribution in [0, 0.1) is 5.82 Å². The molecule has 0 atom stereocenters. The van der Waals surface area contributed by atoms with E-state index in [4.69, 9.17) is 10.5 Å². The second-order valence-corrected chi connectivity index (χ2v) is 5.86. The molecular weight excluding hydrogens is 287 g/mol. The molecule has 0 heterocycles. The highest BCUT2D eigenvalue weighted by atomic mass is 32.2. The van der Waals surface area contributed by atoms with E-state index in [1.807, 2.05) is 0 Å². The van der Waals surface area contributed by atoms with E-state index in [0.29, 0.717) is 0 Å². The van der Waals surface area contributed by atoms with Crippen LogP contribution in [0.15, 0.2) is 23.1 Å². The van der Waals surface area contributed by atoms with Crippen molar-refractivity contribution < 1.29 is 22.3 Å². The lowest BCUT2D eigenvalue weighted by Gasteiger charge is -2.19. The highest BCUT2D eigenvalue weighted by Crippen LogP contribution is 2.20. The number of likely N-dealkylation sites (N-methyl/N-ethyl adjacent to an activating group) is 1. The van der Waals surface area contributed by atoms with Crippen LogP contribution in [0.2, 0.25) is 0 Å². The number of sulfonamides is 1. The molecule has 0 amide bonds. The summed E-state index contributed by atoms with van der Waals surface area (Å²) in [5.41, 5.74) is 5.09. The number of carbonyl (C=O) groups is 1.